The van der Waals surface area contributed by atoms with Crippen LogP contribution in [0.15, 0.2) is 48.6 Å². The molecule has 6 heteroatoms. The van der Waals surface area contributed by atoms with E-state index in [9.17, 15) is 14.4 Å². The molecule has 6 nitrogen and oxygen atoms in total. The van der Waals surface area contributed by atoms with Crippen molar-refractivity contribution in [1.82, 2.24) is 0 Å². The molecule has 0 radical (unpaired) electrons. The summed E-state index contributed by atoms with van der Waals surface area (Å²) in [5, 5.41) is 0. The highest BCUT2D eigenvalue weighted by atomic mass is 16.6. The fraction of sp³-hybridized carbons (Fsp3) is 0.780. The maximum atomic E-state index is 12.7. The highest BCUT2D eigenvalue weighted by Gasteiger charge is 2.19. The minimum absolute atomic E-state index is 0.0736. The van der Waals surface area contributed by atoms with Crippen molar-refractivity contribution in [3.05, 3.63) is 48.6 Å². The molecule has 0 aliphatic carbocycles. The zero-order valence-corrected chi connectivity index (χ0v) is 36.9. The summed E-state index contributed by atoms with van der Waals surface area (Å²) in [4.78, 5) is 37.6. The average Bonchev–Trinajstić information content (AvgIpc) is 3.19. The predicted octanol–water partition coefficient (Wildman–Crippen LogP) is 15.1. The third kappa shape index (κ3) is 42.5. The largest absolute Gasteiger partial charge is 0.462 e. The quantitative estimate of drug-likeness (QED) is 0.0265. The van der Waals surface area contributed by atoms with Gasteiger partial charge in [0.05, 0.1) is 0 Å². The molecule has 0 aliphatic heterocycles. The molecule has 0 aromatic carbocycles. The number of esters is 3. The van der Waals surface area contributed by atoms with Crippen LogP contribution in [0, 0.1) is 0 Å². The van der Waals surface area contributed by atoms with Gasteiger partial charge < -0.3 is 14.2 Å². The third-order valence-corrected chi connectivity index (χ3v) is 10.1. The van der Waals surface area contributed by atoms with Crippen LogP contribution in [0.3, 0.4) is 0 Å². The van der Waals surface area contributed by atoms with Crippen molar-refractivity contribution in [2.75, 3.05) is 13.2 Å². The van der Waals surface area contributed by atoms with Gasteiger partial charge in [0.25, 0.3) is 0 Å². The summed E-state index contributed by atoms with van der Waals surface area (Å²) >= 11 is 0. The predicted molar refractivity (Wildman–Crippen MR) is 238 cm³/mol. The van der Waals surface area contributed by atoms with Crippen LogP contribution in [0.5, 0.6) is 0 Å². The van der Waals surface area contributed by atoms with Crippen molar-refractivity contribution < 1.29 is 28.6 Å². The number of hydrogen-bond donors (Lipinski definition) is 0. The smallest absolute Gasteiger partial charge is 0.306 e. The van der Waals surface area contributed by atoms with E-state index in [-0.39, 0.29) is 31.1 Å². The van der Waals surface area contributed by atoms with Gasteiger partial charge >= 0.3 is 17.9 Å². The lowest BCUT2D eigenvalue weighted by Crippen LogP contribution is -2.30. The van der Waals surface area contributed by atoms with E-state index >= 15 is 0 Å². The molecule has 0 saturated heterocycles. The van der Waals surface area contributed by atoms with Crippen LogP contribution in [0.2, 0.25) is 0 Å². The Balaban J connectivity index is 4.20. The number of carbonyl (C=O) groups excluding carboxylic acids is 3. The molecular formula is C50H88O6. The maximum Gasteiger partial charge on any atom is 0.306 e. The Morgan fingerprint density at radius 3 is 1.09 bits per heavy atom. The molecule has 1 unspecified atom stereocenters. The molecule has 0 N–H and O–H groups in total. The standard InChI is InChI=1S/C50H88O6/c1-4-7-10-13-16-18-20-21-22-23-24-25-26-27-28-29-30-32-34-37-40-43-49(52)55-46-47(45-54-48(51)42-39-36-33-15-12-9-6-3)56-50(53)44-41-38-35-31-19-17-14-11-8-5-2/h7,10,16,18,21-22,24-25,47H,4-6,8-9,11-15,17,19-20,23,26-46H2,1-3H3/b10-7-,18-16-,22-21-,25-24-. The topological polar surface area (TPSA) is 78.9 Å². The SMILES string of the molecule is CC/C=C\C/C=C\C/C=C\C/C=C\CCCCCCCCCCC(=O)OCC(COC(=O)CCCCCCCCC)OC(=O)CCCCCCCCCCCC. The number of rotatable bonds is 42. The van der Waals surface area contributed by atoms with Crippen LogP contribution < -0.4 is 0 Å². The normalized spacial score (nSPS) is 12.4. The van der Waals surface area contributed by atoms with Crippen molar-refractivity contribution >= 4 is 17.9 Å². The van der Waals surface area contributed by atoms with Crippen molar-refractivity contribution in [1.29, 1.82) is 0 Å². The Bertz CT molecular complexity index is 996. The fourth-order valence-corrected chi connectivity index (χ4v) is 6.55. The van der Waals surface area contributed by atoms with E-state index in [1.165, 1.54) is 103 Å². The summed E-state index contributed by atoms with van der Waals surface area (Å²) in [5.41, 5.74) is 0. The van der Waals surface area contributed by atoms with E-state index < -0.39 is 6.10 Å². The fourth-order valence-electron chi connectivity index (χ4n) is 6.55. The van der Waals surface area contributed by atoms with Crippen LogP contribution in [0.1, 0.15) is 233 Å². The molecule has 0 bridgehead atoms. The van der Waals surface area contributed by atoms with Gasteiger partial charge in [0.15, 0.2) is 6.10 Å². The lowest BCUT2D eigenvalue weighted by Gasteiger charge is -2.18. The summed E-state index contributed by atoms with van der Waals surface area (Å²) < 4.78 is 16.7. The second-order valence-corrected chi connectivity index (χ2v) is 15.6. The number of ether oxygens (including phenoxy) is 3. The molecule has 0 aliphatic rings. The number of allylic oxidation sites excluding steroid dienone is 8. The van der Waals surface area contributed by atoms with Gasteiger partial charge in [-0.05, 0) is 57.8 Å². The van der Waals surface area contributed by atoms with Gasteiger partial charge in [0.1, 0.15) is 13.2 Å². The molecule has 0 heterocycles. The van der Waals surface area contributed by atoms with Gasteiger partial charge in [-0.2, -0.15) is 0 Å². The Morgan fingerprint density at radius 2 is 0.696 bits per heavy atom. The maximum absolute atomic E-state index is 12.7. The summed E-state index contributed by atoms with van der Waals surface area (Å²) in [7, 11) is 0. The van der Waals surface area contributed by atoms with Gasteiger partial charge in [-0.1, -0.05) is 204 Å². The molecular weight excluding hydrogens is 697 g/mol. The molecule has 0 fully saturated rings. The van der Waals surface area contributed by atoms with Crippen molar-refractivity contribution in [2.45, 2.75) is 239 Å². The third-order valence-electron chi connectivity index (χ3n) is 10.1. The minimum atomic E-state index is -0.768. The number of hydrogen-bond acceptors (Lipinski definition) is 6. The van der Waals surface area contributed by atoms with Crippen LogP contribution in [0.4, 0.5) is 0 Å². The second kappa shape index (κ2) is 45.1. The first kappa shape index (κ1) is 53.4. The number of unbranched alkanes of at least 4 members (excludes halogenated alkanes) is 23. The minimum Gasteiger partial charge on any atom is -0.462 e. The molecule has 0 spiro atoms. The Morgan fingerprint density at radius 1 is 0.375 bits per heavy atom. The van der Waals surface area contributed by atoms with Gasteiger partial charge in [0, 0.05) is 19.3 Å². The van der Waals surface area contributed by atoms with E-state index in [1.807, 2.05) is 0 Å². The van der Waals surface area contributed by atoms with Crippen molar-refractivity contribution in [2.24, 2.45) is 0 Å². The molecule has 0 aromatic rings. The first-order valence-corrected chi connectivity index (χ1v) is 23.6. The van der Waals surface area contributed by atoms with Crippen LogP contribution in [-0.4, -0.2) is 37.2 Å². The molecule has 0 aromatic heterocycles. The Kier molecular flexibility index (Phi) is 43.0. The van der Waals surface area contributed by atoms with Gasteiger partial charge in [0.2, 0.25) is 0 Å². The van der Waals surface area contributed by atoms with E-state index in [4.69, 9.17) is 14.2 Å². The zero-order valence-electron chi connectivity index (χ0n) is 36.9. The lowest BCUT2D eigenvalue weighted by atomic mass is 10.1. The molecule has 0 amide bonds. The number of carbonyl (C=O) groups is 3. The van der Waals surface area contributed by atoms with Gasteiger partial charge in [-0.3, -0.25) is 14.4 Å². The molecule has 1 atom stereocenters. The van der Waals surface area contributed by atoms with E-state index in [1.54, 1.807) is 0 Å². The molecule has 56 heavy (non-hydrogen) atoms. The molecule has 324 valence electrons. The monoisotopic (exact) mass is 785 g/mol. The van der Waals surface area contributed by atoms with E-state index in [0.29, 0.717) is 19.3 Å². The summed E-state index contributed by atoms with van der Waals surface area (Å²) in [5.74, 6) is -0.888. The Labute approximate surface area is 346 Å². The zero-order chi connectivity index (χ0) is 40.8. The lowest BCUT2D eigenvalue weighted by molar-refractivity contribution is -0.167. The van der Waals surface area contributed by atoms with Crippen molar-refractivity contribution in [3.8, 4) is 0 Å². The molecule has 0 rings (SSSR count). The van der Waals surface area contributed by atoms with Crippen LogP contribution >= 0.6 is 0 Å². The summed E-state index contributed by atoms with van der Waals surface area (Å²) in [6, 6.07) is 0. The first-order valence-electron chi connectivity index (χ1n) is 23.6. The van der Waals surface area contributed by atoms with E-state index in [2.05, 4.69) is 69.4 Å². The highest BCUT2D eigenvalue weighted by molar-refractivity contribution is 5.71. The van der Waals surface area contributed by atoms with E-state index in [0.717, 1.165) is 89.9 Å². The first-order chi connectivity index (χ1) is 27.5. The van der Waals surface area contributed by atoms with Crippen LogP contribution in [0.25, 0.3) is 0 Å². The van der Waals surface area contributed by atoms with Crippen LogP contribution in [-0.2, 0) is 28.6 Å². The average molecular weight is 785 g/mol. The van der Waals surface area contributed by atoms with Crippen molar-refractivity contribution in [3.63, 3.8) is 0 Å². The summed E-state index contributed by atoms with van der Waals surface area (Å²) in [6.07, 6.45) is 52.5. The summed E-state index contributed by atoms with van der Waals surface area (Å²) in [6.45, 7) is 6.46. The van der Waals surface area contributed by atoms with Gasteiger partial charge in [-0.25, -0.2) is 0 Å². The molecule has 0 saturated carbocycles. The van der Waals surface area contributed by atoms with Gasteiger partial charge in [-0.15, -0.1) is 0 Å². The highest BCUT2D eigenvalue weighted by Crippen LogP contribution is 2.14. The Hall–Kier alpha value is -2.63. The second-order valence-electron chi connectivity index (χ2n) is 15.6.